The van der Waals surface area contributed by atoms with Gasteiger partial charge in [0.25, 0.3) is 0 Å². The van der Waals surface area contributed by atoms with Gasteiger partial charge in [0, 0.05) is 0 Å². The van der Waals surface area contributed by atoms with E-state index in [1.54, 1.807) is 7.11 Å². The van der Waals surface area contributed by atoms with Crippen LogP contribution < -0.4 is 10.5 Å². The van der Waals surface area contributed by atoms with Crippen LogP contribution in [-0.2, 0) is 18.4 Å². The Labute approximate surface area is 126 Å². The molecule has 0 amide bonds. The quantitative estimate of drug-likeness (QED) is 0.929. The van der Waals surface area contributed by atoms with Crippen LogP contribution in [-0.4, -0.2) is 7.11 Å². The number of nitrogens with two attached hydrogens (primary N) is 1. The first-order valence-corrected chi connectivity index (χ1v) is 7.73. The molecule has 2 N–H and O–H groups in total. The number of aryl methyl sites for hydroxylation is 2. The highest BCUT2D eigenvalue weighted by molar-refractivity contribution is 5.48. The second-order valence-corrected chi connectivity index (χ2v) is 5.90. The summed E-state index contributed by atoms with van der Waals surface area (Å²) >= 11 is 0. The van der Waals surface area contributed by atoms with Crippen molar-refractivity contribution < 1.29 is 4.74 Å². The molecule has 1 aliphatic rings. The monoisotopic (exact) mass is 281 g/mol. The van der Waals surface area contributed by atoms with Crippen molar-refractivity contribution in [2.75, 3.05) is 7.11 Å². The maximum absolute atomic E-state index is 6.88. The fourth-order valence-electron chi connectivity index (χ4n) is 3.38. The number of benzene rings is 2. The Hall–Kier alpha value is -1.80. The number of ether oxygens (including phenoxy) is 1. The first kappa shape index (κ1) is 14.2. The second-order valence-electron chi connectivity index (χ2n) is 5.90. The number of hydrogen-bond acceptors (Lipinski definition) is 2. The molecule has 2 heteroatoms. The van der Waals surface area contributed by atoms with Gasteiger partial charge < -0.3 is 10.5 Å². The van der Waals surface area contributed by atoms with E-state index in [0.29, 0.717) is 0 Å². The molecule has 0 heterocycles. The minimum atomic E-state index is -0.396. The molecule has 2 aromatic rings. The zero-order valence-electron chi connectivity index (χ0n) is 12.9. The van der Waals surface area contributed by atoms with Crippen molar-refractivity contribution in [3.05, 3.63) is 64.7 Å². The molecule has 0 radical (unpaired) electrons. The van der Waals surface area contributed by atoms with Crippen LogP contribution in [0.25, 0.3) is 0 Å². The van der Waals surface area contributed by atoms with E-state index in [1.165, 1.54) is 22.3 Å². The third kappa shape index (κ3) is 2.44. The first-order chi connectivity index (χ1) is 10.2. The van der Waals surface area contributed by atoms with Crippen molar-refractivity contribution in [3.8, 4) is 5.75 Å². The molecule has 3 rings (SSSR count). The summed E-state index contributed by atoms with van der Waals surface area (Å²) in [5.41, 5.74) is 11.6. The molecule has 0 saturated heterocycles. The van der Waals surface area contributed by atoms with E-state index < -0.39 is 5.54 Å². The molecule has 2 nitrogen and oxygen atoms in total. The highest BCUT2D eigenvalue weighted by Gasteiger charge is 2.34. The molecular formula is C19H23NO. The van der Waals surface area contributed by atoms with Crippen LogP contribution >= 0.6 is 0 Å². The molecule has 21 heavy (non-hydrogen) atoms. The summed E-state index contributed by atoms with van der Waals surface area (Å²) < 4.78 is 5.40. The molecule has 0 fully saturated rings. The lowest BCUT2D eigenvalue weighted by Gasteiger charge is -2.37. The Morgan fingerprint density at radius 1 is 1.19 bits per heavy atom. The van der Waals surface area contributed by atoms with Crippen LogP contribution in [0.4, 0.5) is 0 Å². The third-order valence-corrected chi connectivity index (χ3v) is 4.67. The summed E-state index contributed by atoms with van der Waals surface area (Å²) in [6.45, 7) is 2.18. The predicted molar refractivity (Wildman–Crippen MR) is 86.7 cm³/mol. The van der Waals surface area contributed by atoms with Crippen molar-refractivity contribution in [1.29, 1.82) is 0 Å². The number of methoxy groups -OCH3 is 1. The Bertz CT molecular complexity index is 650. The molecule has 1 atom stereocenters. The predicted octanol–water partition coefficient (Wildman–Crippen LogP) is 3.80. The SMILES string of the molecule is CCc1cccc(C2(N)CCCc3ccc(OC)cc32)c1. The Morgan fingerprint density at radius 2 is 2.05 bits per heavy atom. The largest absolute Gasteiger partial charge is 0.497 e. The summed E-state index contributed by atoms with van der Waals surface area (Å²) in [4.78, 5) is 0. The van der Waals surface area contributed by atoms with Crippen LogP contribution in [0.3, 0.4) is 0 Å². The van der Waals surface area contributed by atoms with Gasteiger partial charge in [-0.15, -0.1) is 0 Å². The van der Waals surface area contributed by atoms with Crippen LogP contribution in [0.1, 0.15) is 42.0 Å². The average Bonchev–Trinajstić information content (AvgIpc) is 2.55. The van der Waals surface area contributed by atoms with E-state index in [4.69, 9.17) is 10.5 Å². The van der Waals surface area contributed by atoms with Crippen LogP contribution in [0.5, 0.6) is 5.75 Å². The van der Waals surface area contributed by atoms with E-state index in [2.05, 4.69) is 43.3 Å². The second kappa shape index (κ2) is 5.53. The topological polar surface area (TPSA) is 35.2 Å². The molecule has 0 spiro atoms. The van der Waals surface area contributed by atoms with Crippen molar-refractivity contribution >= 4 is 0 Å². The first-order valence-electron chi connectivity index (χ1n) is 7.73. The van der Waals surface area contributed by atoms with E-state index in [9.17, 15) is 0 Å². The lowest BCUT2D eigenvalue weighted by molar-refractivity contribution is 0.404. The Kier molecular flexibility index (Phi) is 3.73. The average molecular weight is 281 g/mol. The molecule has 0 bridgehead atoms. The summed E-state index contributed by atoms with van der Waals surface area (Å²) in [6.07, 6.45) is 4.26. The van der Waals surface area contributed by atoms with Gasteiger partial charge in [-0.3, -0.25) is 0 Å². The Balaban J connectivity index is 2.13. The third-order valence-electron chi connectivity index (χ3n) is 4.67. The molecule has 0 saturated carbocycles. The highest BCUT2D eigenvalue weighted by atomic mass is 16.5. The number of rotatable bonds is 3. The minimum Gasteiger partial charge on any atom is -0.497 e. The molecule has 0 aliphatic heterocycles. The van der Waals surface area contributed by atoms with Gasteiger partial charge in [0.1, 0.15) is 5.75 Å². The summed E-state index contributed by atoms with van der Waals surface area (Å²) in [5.74, 6) is 0.886. The van der Waals surface area contributed by atoms with Gasteiger partial charge >= 0.3 is 0 Å². The molecule has 110 valence electrons. The van der Waals surface area contributed by atoms with Gasteiger partial charge in [0.05, 0.1) is 12.6 Å². The summed E-state index contributed by atoms with van der Waals surface area (Å²) in [5, 5.41) is 0. The standard InChI is InChI=1S/C19H23NO/c1-3-14-6-4-8-16(12-14)19(20)11-5-7-15-9-10-17(21-2)13-18(15)19/h4,6,8-10,12-13H,3,5,7,11,20H2,1-2H3. The van der Waals surface area contributed by atoms with Gasteiger partial charge in [-0.2, -0.15) is 0 Å². The lowest BCUT2D eigenvalue weighted by atomic mass is 9.73. The Morgan fingerprint density at radius 3 is 2.81 bits per heavy atom. The van der Waals surface area contributed by atoms with Gasteiger partial charge in [-0.1, -0.05) is 37.3 Å². The van der Waals surface area contributed by atoms with Gasteiger partial charge in [0.2, 0.25) is 0 Å². The fraction of sp³-hybridized carbons (Fsp3) is 0.368. The number of hydrogen-bond donors (Lipinski definition) is 1. The smallest absolute Gasteiger partial charge is 0.119 e. The van der Waals surface area contributed by atoms with E-state index in [-0.39, 0.29) is 0 Å². The fourth-order valence-corrected chi connectivity index (χ4v) is 3.38. The number of fused-ring (bicyclic) bond motifs is 1. The summed E-state index contributed by atoms with van der Waals surface area (Å²) in [7, 11) is 1.71. The lowest BCUT2D eigenvalue weighted by Crippen LogP contribution is -2.41. The van der Waals surface area contributed by atoms with Crippen molar-refractivity contribution in [1.82, 2.24) is 0 Å². The van der Waals surface area contributed by atoms with Crippen LogP contribution in [0.2, 0.25) is 0 Å². The van der Waals surface area contributed by atoms with Crippen molar-refractivity contribution in [2.24, 2.45) is 5.73 Å². The zero-order chi connectivity index (χ0) is 14.9. The van der Waals surface area contributed by atoms with Gasteiger partial charge in [-0.05, 0) is 60.1 Å². The van der Waals surface area contributed by atoms with Crippen molar-refractivity contribution in [3.63, 3.8) is 0 Å². The van der Waals surface area contributed by atoms with E-state index in [0.717, 1.165) is 31.4 Å². The molecule has 0 aromatic heterocycles. The van der Waals surface area contributed by atoms with Gasteiger partial charge in [-0.25, -0.2) is 0 Å². The van der Waals surface area contributed by atoms with Gasteiger partial charge in [0.15, 0.2) is 0 Å². The summed E-state index contributed by atoms with van der Waals surface area (Å²) in [6, 6.07) is 15.0. The zero-order valence-corrected chi connectivity index (χ0v) is 12.9. The molecular weight excluding hydrogens is 258 g/mol. The van der Waals surface area contributed by atoms with E-state index >= 15 is 0 Å². The highest BCUT2D eigenvalue weighted by Crippen LogP contribution is 2.40. The molecule has 2 aromatic carbocycles. The minimum absolute atomic E-state index is 0.396. The van der Waals surface area contributed by atoms with Crippen LogP contribution in [0, 0.1) is 0 Å². The maximum Gasteiger partial charge on any atom is 0.119 e. The maximum atomic E-state index is 6.88. The normalized spacial score (nSPS) is 20.9. The van der Waals surface area contributed by atoms with E-state index in [1.807, 2.05) is 6.07 Å². The van der Waals surface area contributed by atoms with Crippen molar-refractivity contribution in [2.45, 2.75) is 38.1 Å². The molecule has 1 unspecified atom stereocenters. The van der Waals surface area contributed by atoms with Crippen LogP contribution in [0.15, 0.2) is 42.5 Å². The molecule has 1 aliphatic carbocycles.